The summed E-state index contributed by atoms with van der Waals surface area (Å²) in [5, 5.41) is 18.1. The van der Waals surface area contributed by atoms with E-state index < -0.39 is 5.97 Å². The molecule has 0 radical (unpaired) electrons. The summed E-state index contributed by atoms with van der Waals surface area (Å²) >= 11 is 0. The summed E-state index contributed by atoms with van der Waals surface area (Å²) in [5.74, 6) is -1.06. The van der Waals surface area contributed by atoms with E-state index in [1.54, 1.807) is 6.21 Å². The van der Waals surface area contributed by atoms with E-state index in [1.165, 1.54) is 0 Å². The zero-order chi connectivity index (χ0) is 7.82. The molecule has 0 atom stereocenters. The van der Waals surface area contributed by atoms with Crippen molar-refractivity contribution in [1.82, 2.24) is 0 Å². The van der Waals surface area contributed by atoms with Gasteiger partial charge in [0.05, 0.1) is 6.61 Å². The molecule has 58 valence electrons. The fraction of sp³-hybridized carbons (Fsp3) is 0.667. The minimum Gasteiger partial charge on any atom is -0.550 e. The lowest BCUT2D eigenvalue weighted by Gasteiger charge is -1.91. The van der Waals surface area contributed by atoms with Crippen molar-refractivity contribution in [2.45, 2.75) is 12.8 Å². The molecular formula is C6H11NO3. The molecule has 0 fully saturated rings. The highest BCUT2D eigenvalue weighted by Crippen LogP contribution is 1.63. The molecule has 0 aliphatic carbocycles. The Kier molecular flexibility index (Phi) is 5.66. The quantitative estimate of drug-likeness (QED) is 0.397. The molecule has 0 aliphatic rings. The molecule has 0 saturated heterocycles. The Labute approximate surface area is 59.2 Å². The lowest BCUT2D eigenvalue weighted by atomic mass is 10.4. The van der Waals surface area contributed by atoms with Crippen molar-refractivity contribution in [2.75, 3.05) is 13.2 Å². The van der Waals surface area contributed by atoms with E-state index in [4.69, 9.17) is 5.11 Å². The van der Waals surface area contributed by atoms with Gasteiger partial charge in [0.1, 0.15) is 12.8 Å². The first-order valence-electron chi connectivity index (χ1n) is 3.13. The van der Waals surface area contributed by atoms with Crippen molar-refractivity contribution in [3.8, 4) is 0 Å². The van der Waals surface area contributed by atoms with Crippen LogP contribution in [0.3, 0.4) is 0 Å². The summed E-state index contributed by atoms with van der Waals surface area (Å²) in [7, 11) is 0. The first-order valence-corrected chi connectivity index (χ1v) is 3.13. The largest absolute Gasteiger partial charge is 0.550 e. The Hall–Kier alpha value is -0.900. The van der Waals surface area contributed by atoms with E-state index in [0.29, 0.717) is 13.0 Å². The molecule has 0 heterocycles. The highest BCUT2D eigenvalue weighted by molar-refractivity contribution is 5.64. The molecule has 0 aliphatic heterocycles. The molecule has 0 spiro atoms. The number of carboxylic acid groups (broad SMARTS) is 1. The molecule has 0 amide bonds. The summed E-state index contributed by atoms with van der Waals surface area (Å²) in [6, 6.07) is 0. The topological polar surface area (TPSA) is 74.3 Å². The van der Waals surface area contributed by atoms with Gasteiger partial charge in [-0.2, -0.15) is 0 Å². The number of carbonyl (C=O) groups excluding carboxylic acids is 1. The highest BCUT2D eigenvalue weighted by Gasteiger charge is 1.86. The molecule has 0 bridgehead atoms. The van der Waals surface area contributed by atoms with E-state index in [1.807, 2.05) is 0 Å². The molecule has 4 heteroatoms. The van der Waals surface area contributed by atoms with Crippen LogP contribution >= 0.6 is 0 Å². The lowest BCUT2D eigenvalue weighted by molar-refractivity contribution is -0.454. The molecule has 0 saturated carbocycles. The van der Waals surface area contributed by atoms with E-state index in [-0.39, 0.29) is 13.0 Å². The van der Waals surface area contributed by atoms with Crippen LogP contribution in [0.2, 0.25) is 0 Å². The van der Waals surface area contributed by atoms with Crippen molar-refractivity contribution in [3.63, 3.8) is 0 Å². The SMILES string of the molecule is O=C([O-])CC[NH+]=CCCO. The van der Waals surface area contributed by atoms with Crippen LogP contribution in [0.5, 0.6) is 0 Å². The van der Waals surface area contributed by atoms with Gasteiger partial charge in [0.15, 0.2) is 0 Å². The number of nitrogens with one attached hydrogen (secondary N) is 1. The molecule has 0 aromatic rings. The molecule has 0 unspecified atom stereocenters. The zero-order valence-corrected chi connectivity index (χ0v) is 5.67. The summed E-state index contributed by atoms with van der Waals surface area (Å²) in [6.45, 7) is 0.445. The van der Waals surface area contributed by atoms with Crippen molar-refractivity contribution < 1.29 is 20.0 Å². The van der Waals surface area contributed by atoms with Crippen LogP contribution < -0.4 is 10.1 Å². The van der Waals surface area contributed by atoms with E-state index in [2.05, 4.69) is 4.99 Å². The zero-order valence-electron chi connectivity index (χ0n) is 5.67. The minimum absolute atomic E-state index is 0.00191. The van der Waals surface area contributed by atoms with E-state index in [9.17, 15) is 9.90 Å². The predicted molar refractivity (Wildman–Crippen MR) is 33.2 cm³/mol. The second kappa shape index (κ2) is 6.22. The van der Waals surface area contributed by atoms with Crippen molar-refractivity contribution in [3.05, 3.63) is 0 Å². The summed E-state index contributed by atoms with van der Waals surface area (Å²) < 4.78 is 0. The Morgan fingerprint density at radius 2 is 2.40 bits per heavy atom. The number of aliphatic hydroxyl groups is 1. The molecule has 2 N–H and O–H groups in total. The van der Waals surface area contributed by atoms with Crippen LogP contribution in [0, 0.1) is 0 Å². The molecule has 0 aromatic carbocycles. The van der Waals surface area contributed by atoms with Gasteiger partial charge in [0, 0.05) is 18.8 Å². The van der Waals surface area contributed by atoms with Gasteiger partial charge in [-0.05, 0) is 0 Å². The first kappa shape index (κ1) is 9.10. The third-order valence-electron chi connectivity index (χ3n) is 0.891. The van der Waals surface area contributed by atoms with Gasteiger partial charge in [-0.1, -0.05) is 0 Å². The maximum atomic E-state index is 9.82. The Balaban J connectivity index is 3.10. The van der Waals surface area contributed by atoms with Crippen LogP contribution in [0.15, 0.2) is 0 Å². The van der Waals surface area contributed by atoms with Crippen molar-refractivity contribution in [2.24, 2.45) is 0 Å². The smallest absolute Gasteiger partial charge is 0.145 e. The van der Waals surface area contributed by atoms with Gasteiger partial charge in [-0.25, -0.2) is 0 Å². The molecule has 0 aromatic heterocycles. The monoisotopic (exact) mass is 145 g/mol. The third-order valence-corrected chi connectivity index (χ3v) is 0.891. The average Bonchev–Trinajstić information content (AvgIpc) is 1.87. The van der Waals surface area contributed by atoms with Gasteiger partial charge < -0.3 is 15.0 Å². The van der Waals surface area contributed by atoms with E-state index >= 15 is 0 Å². The van der Waals surface area contributed by atoms with Crippen LogP contribution in [-0.4, -0.2) is 30.4 Å². The maximum absolute atomic E-state index is 9.82. The molecule has 4 nitrogen and oxygen atoms in total. The van der Waals surface area contributed by atoms with Gasteiger partial charge in [-0.3, -0.25) is 4.99 Å². The Morgan fingerprint density at radius 3 is 2.90 bits per heavy atom. The second-order valence-electron chi connectivity index (χ2n) is 1.79. The number of aliphatic carboxylic acids is 1. The van der Waals surface area contributed by atoms with E-state index in [0.717, 1.165) is 0 Å². The number of carbonyl (C=O) groups is 1. The maximum Gasteiger partial charge on any atom is 0.145 e. The number of carboxylic acids is 1. The number of aliphatic hydroxyl groups excluding tert-OH is 1. The molecular weight excluding hydrogens is 134 g/mol. The summed E-state index contributed by atoms with van der Waals surface area (Å²) in [4.78, 5) is 12.5. The minimum atomic E-state index is -1.06. The van der Waals surface area contributed by atoms with Crippen molar-refractivity contribution >= 4 is 12.2 Å². The van der Waals surface area contributed by atoms with Crippen LogP contribution in [0.1, 0.15) is 12.8 Å². The van der Waals surface area contributed by atoms with Gasteiger partial charge in [-0.15, -0.1) is 0 Å². The predicted octanol–water partition coefficient (Wildman–Crippen LogP) is -3.34. The normalized spacial score (nSPS) is 10.5. The molecule has 0 rings (SSSR count). The van der Waals surface area contributed by atoms with Gasteiger partial charge >= 0.3 is 0 Å². The van der Waals surface area contributed by atoms with Crippen LogP contribution in [0.25, 0.3) is 0 Å². The summed E-state index contributed by atoms with van der Waals surface area (Å²) in [5.41, 5.74) is 0. The summed E-state index contributed by atoms with van der Waals surface area (Å²) in [6.07, 6.45) is 2.16. The average molecular weight is 145 g/mol. The van der Waals surface area contributed by atoms with Gasteiger partial charge in [0.2, 0.25) is 0 Å². The number of hydrogen-bond acceptors (Lipinski definition) is 3. The fourth-order valence-corrected chi connectivity index (χ4v) is 0.443. The highest BCUT2D eigenvalue weighted by atomic mass is 16.4. The number of hydrogen-bond donors (Lipinski definition) is 2. The number of rotatable bonds is 5. The molecule has 10 heavy (non-hydrogen) atoms. The van der Waals surface area contributed by atoms with Crippen molar-refractivity contribution in [1.29, 1.82) is 0 Å². The van der Waals surface area contributed by atoms with Gasteiger partial charge in [0.25, 0.3) is 0 Å². The third kappa shape index (κ3) is 7.10. The second-order valence-corrected chi connectivity index (χ2v) is 1.79. The Morgan fingerprint density at radius 1 is 1.70 bits per heavy atom. The first-order chi connectivity index (χ1) is 4.77. The van der Waals surface area contributed by atoms with Crippen LogP contribution in [0.4, 0.5) is 0 Å². The fourth-order valence-electron chi connectivity index (χ4n) is 0.443. The Bertz CT molecular complexity index is 122. The standard InChI is InChI=1S/C6H11NO3/c8-5-1-3-7-4-2-6(9)10/h3,8H,1-2,4-5H2,(H,9,10). The van der Waals surface area contributed by atoms with Crippen LogP contribution in [-0.2, 0) is 4.79 Å². The lowest BCUT2D eigenvalue weighted by Crippen LogP contribution is -2.69.